The van der Waals surface area contributed by atoms with Gasteiger partial charge in [0.15, 0.2) is 17.2 Å². The standard InChI is InChI=1S/C15H17N3O3/c19-15-14(17-18-4-2-1-3-5-18)10-8-12-13(9-11(10)16-15)21-7-6-20-12/h8-9H,1-7H2,(H,16,17,19). The van der Waals surface area contributed by atoms with Crippen molar-refractivity contribution in [2.24, 2.45) is 5.10 Å². The molecule has 0 saturated carbocycles. The van der Waals surface area contributed by atoms with Crippen molar-refractivity contribution >= 4 is 17.3 Å². The summed E-state index contributed by atoms with van der Waals surface area (Å²) in [5, 5.41) is 9.39. The highest BCUT2D eigenvalue weighted by molar-refractivity contribution is 6.53. The Morgan fingerprint density at radius 2 is 1.76 bits per heavy atom. The van der Waals surface area contributed by atoms with E-state index in [0.717, 1.165) is 37.2 Å². The Hall–Kier alpha value is -2.24. The lowest BCUT2D eigenvalue weighted by Crippen LogP contribution is -2.28. The summed E-state index contributed by atoms with van der Waals surface area (Å²) in [6.45, 7) is 2.90. The molecule has 3 aliphatic rings. The Morgan fingerprint density at radius 3 is 2.52 bits per heavy atom. The van der Waals surface area contributed by atoms with Gasteiger partial charge in [-0.15, -0.1) is 0 Å². The number of hydrogen-bond acceptors (Lipinski definition) is 5. The molecule has 6 nitrogen and oxygen atoms in total. The number of nitrogens with one attached hydrogen (secondary N) is 1. The number of ether oxygens (including phenoxy) is 2. The zero-order valence-corrected chi connectivity index (χ0v) is 11.7. The van der Waals surface area contributed by atoms with E-state index in [1.54, 1.807) is 0 Å². The molecule has 0 bridgehead atoms. The molecule has 0 aliphatic carbocycles. The highest BCUT2D eigenvalue weighted by atomic mass is 16.6. The molecule has 1 aromatic carbocycles. The second-order valence-corrected chi connectivity index (χ2v) is 5.46. The van der Waals surface area contributed by atoms with Gasteiger partial charge in [-0.05, 0) is 25.3 Å². The van der Waals surface area contributed by atoms with Crippen molar-refractivity contribution in [1.29, 1.82) is 0 Å². The molecule has 3 aliphatic heterocycles. The van der Waals surface area contributed by atoms with Crippen LogP contribution < -0.4 is 14.8 Å². The van der Waals surface area contributed by atoms with Crippen molar-refractivity contribution in [3.8, 4) is 11.5 Å². The zero-order chi connectivity index (χ0) is 14.2. The summed E-state index contributed by atoms with van der Waals surface area (Å²) >= 11 is 0. The molecular formula is C15H17N3O3. The number of benzene rings is 1. The van der Waals surface area contributed by atoms with Crippen molar-refractivity contribution < 1.29 is 14.3 Å². The average molecular weight is 287 g/mol. The maximum absolute atomic E-state index is 12.2. The number of piperidine rings is 1. The van der Waals surface area contributed by atoms with Crippen molar-refractivity contribution in [1.82, 2.24) is 5.01 Å². The van der Waals surface area contributed by atoms with Crippen molar-refractivity contribution in [3.63, 3.8) is 0 Å². The molecule has 4 rings (SSSR count). The van der Waals surface area contributed by atoms with Gasteiger partial charge < -0.3 is 14.8 Å². The molecule has 0 unspecified atom stereocenters. The van der Waals surface area contributed by atoms with E-state index >= 15 is 0 Å². The number of rotatable bonds is 1. The molecule has 1 N–H and O–H groups in total. The van der Waals surface area contributed by atoms with Gasteiger partial charge in [0.1, 0.15) is 13.2 Å². The van der Waals surface area contributed by atoms with E-state index in [0.29, 0.717) is 30.4 Å². The fraction of sp³-hybridized carbons (Fsp3) is 0.467. The number of anilines is 1. The lowest BCUT2D eigenvalue weighted by Gasteiger charge is -2.24. The molecule has 0 aromatic heterocycles. The number of hydrazone groups is 1. The van der Waals surface area contributed by atoms with Gasteiger partial charge in [0.25, 0.3) is 5.91 Å². The van der Waals surface area contributed by atoms with Crippen molar-refractivity contribution in [3.05, 3.63) is 17.7 Å². The van der Waals surface area contributed by atoms with Crippen LogP contribution in [0.25, 0.3) is 0 Å². The minimum absolute atomic E-state index is 0.155. The predicted octanol–water partition coefficient (Wildman–Crippen LogP) is 1.60. The van der Waals surface area contributed by atoms with Crippen molar-refractivity contribution in [2.45, 2.75) is 19.3 Å². The number of nitrogens with zero attached hydrogens (tertiary/aromatic N) is 2. The topological polar surface area (TPSA) is 63.2 Å². The van der Waals surface area contributed by atoms with Gasteiger partial charge in [-0.1, -0.05) is 0 Å². The summed E-state index contributed by atoms with van der Waals surface area (Å²) in [7, 11) is 0. The minimum Gasteiger partial charge on any atom is -0.486 e. The number of amides is 1. The Bertz CT molecular complexity index is 621. The smallest absolute Gasteiger partial charge is 0.276 e. The van der Waals surface area contributed by atoms with Crippen molar-refractivity contribution in [2.75, 3.05) is 31.6 Å². The van der Waals surface area contributed by atoms with Gasteiger partial charge in [0, 0.05) is 24.7 Å². The van der Waals surface area contributed by atoms with Crippen LogP contribution in [-0.2, 0) is 4.79 Å². The second-order valence-electron chi connectivity index (χ2n) is 5.46. The van der Waals surface area contributed by atoms with Crippen LogP contribution in [0, 0.1) is 0 Å². The van der Waals surface area contributed by atoms with Crippen LogP contribution in [0.1, 0.15) is 24.8 Å². The van der Waals surface area contributed by atoms with E-state index in [1.165, 1.54) is 6.42 Å². The third kappa shape index (κ3) is 2.20. The summed E-state index contributed by atoms with van der Waals surface area (Å²) < 4.78 is 11.1. The maximum atomic E-state index is 12.2. The van der Waals surface area contributed by atoms with Crippen LogP contribution in [-0.4, -0.2) is 42.9 Å². The highest BCUT2D eigenvalue weighted by Gasteiger charge is 2.30. The number of hydrogen-bond donors (Lipinski definition) is 1. The lowest BCUT2D eigenvalue weighted by atomic mass is 10.1. The summed E-state index contributed by atoms with van der Waals surface area (Å²) in [5.74, 6) is 1.21. The van der Waals surface area contributed by atoms with E-state index in [1.807, 2.05) is 17.1 Å². The first kappa shape index (κ1) is 12.5. The molecule has 1 fully saturated rings. The molecule has 1 aromatic rings. The molecule has 3 heterocycles. The van der Waals surface area contributed by atoms with E-state index in [-0.39, 0.29) is 5.91 Å². The SMILES string of the molecule is O=C1Nc2cc3c(cc2/C1=N/N1CCCCC1)OCCO3. The van der Waals surface area contributed by atoms with Gasteiger partial charge in [-0.2, -0.15) is 5.10 Å². The monoisotopic (exact) mass is 287 g/mol. The van der Waals surface area contributed by atoms with Crippen LogP contribution in [0.3, 0.4) is 0 Å². The van der Waals surface area contributed by atoms with Gasteiger partial charge in [-0.25, -0.2) is 0 Å². The quantitative estimate of drug-likeness (QED) is 0.852. The summed E-state index contributed by atoms with van der Waals surface area (Å²) in [5.41, 5.74) is 2.03. The first-order chi connectivity index (χ1) is 10.3. The number of carbonyl (C=O) groups excluding carboxylic acids is 1. The largest absolute Gasteiger partial charge is 0.486 e. The molecule has 110 valence electrons. The third-order valence-corrected chi connectivity index (χ3v) is 3.97. The molecule has 0 spiro atoms. The molecule has 21 heavy (non-hydrogen) atoms. The highest BCUT2D eigenvalue weighted by Crippen LogP contribution is 2.38. The Morgan fingerprint density at radius 1 is 1.05 bits per heavy atom. The Kier molecular flexibility index (Phi) is 2.94. The van der Waals surface area contributed by atoms with Crippen LogP contribution in [0.15, 0.2) is 17.2 Å². The lowest BCUT2D eigenvalue weighted by molar-refractivity contribution is -0.110. The normalized spacial score (nSPS) is 22.2. The van der Waals surface area contributed by atoms with E-state index < -0.39 is 0 Å². The number of carbonyl (C=O) groups is 1. The van der Waals surface area contributed by atoms with Crippen LogP contribution >= 0.6 is 0 Å². The predicted molar refractivity (Wildman–Crippen MR) is 78.0 cm³/mol. The second kappa shape index (κ2) is 4.95. The molecule has 0 atom stereocenters. The molecule has 6 heteroatoms. The van der Waals surface area contributed by atoms with Gasteiger partial charge in [0.05, 0.1) is 5.69 Å². The Labute approximate surface area is 122 Å². The van der Waals surface area contributed by atoms with E-state index in [2.05, 4.69) is 10.4 Å². The van der Waals surface area contributed by atoms with Gasteiger partial charge in [0.2, 0.25) is 0 Å². The average Bonchev–Trinajstić information content (AvgIpc) is 2.81. The van der Waals surface area contributed by atoms with E-state index in [4.69, 9.17) is 9.47 Å². The van der Waals surface area contributed by atoms with Gasteiger partial charge in [-0.3, -0.25) is 9.80 Å². The van der Waals surface area contributed by atoms with Crippen LogP contribution in [0.2, 0.25) is 0 Å². The summed E-state index contributed by atoms with van der Waals surface area (Å²) in [6, 6.07) is 3.67. The third-order valence-electron chi connectivity index (χ3n) is 3.97. The van der Waals surface area contributed by atoms with E-state index in [9.17, 15) is 4.79 Å². The fourth-order valence-corrected chi connectivity index (χ4v) is 2.91. The van der Waals surface area contributed by atoms with Gasteiger partial charge >= 0.3 is 0 Å². The van der Waals surface area contributed by atoms with Crippen LogP contribution in [0.4, 0.5) is 5.69 Å². The summed E-state index contributed by atoms with van der Waals surface area (Å²) in [4.78, 5) is 12.2. The molecule has 1 saturated heterocycles. The minimum atomic E-state index is -0.155. The molecule has 0 radical (unpaired) electrons. The Balaban J connectivity index is 1.71. The molecule has 1 amide bonds. The fourth-order valence-electron chi connectivity index (χ4n) is 2.91. The summed E-state index contributed by atoms with van der Waals surface area (Å²) in [6.07, 6.45) is 3.50. The first-order valence-electron chi connectivity index (χ1n) is 7.40. The maximum Gasteiger partial charge on any atom is 0.276 e. The first-order valence-corrected chi connectivity index (χ1v) is 7.40. The molecular weight excluding hydrogens is 270 g/mol. The zero-order valence-electron chi connectivity index (χ0n) is 11.7. The number of fused-ring (bicyclic) bond motifs is 2. The van der Waals surface area contributed by atoms with Crippen LogP contribution in [0.5, 0.6) is 11.5 Å².